The monoisotopic (exact) mass is 225 g/mol. The van der Waals surface area contributed by atoms with Crippen molar-refractivity contribution in [2.24, 2.45) is 5.73 Å². The van der Waals surface area contributed by atoms with Gasteiger partial charge in [-0.05, 0) is 51.9 Å². The smallest absolute Gasteiger partial charge is 0.0316 e. The molecule has 1 saturated heterocycles. The predicted molar refractivity (Wildman–Crippen MR) is 70.6 cm³/mol. The zero-order valence-corrected chi connectivity index (χ0v) is 10.7. The van der Waals surface area contributed by atoms with E-state index in [0.29, 0.717) is 0 Å². The van der Waals surface area contributed by atoms with Crippen molar-refractivity contribution >= 4 is 0 Å². The Labute approximate surface area is 100 Å². The van der Waals surface area contributed by atoms with Crippen LogP contribution in [-0.4, -0.2) is 43.2 Å². The summed E-state index contributed by atoms with van der Waals surface area (Å²) in [5.41, 5.74) is 6.14. The minimum absolute atomic E-state index is 0.174. The highest BCUT2D eigenvalue weighted by atomic mass is 15.1. The minimum Gasteiger partial charge on any atom is -0.329 e. The van der Waals surface area contributed by atoms with Crippen molar-refractivity contribution < 1.29 is 0 Å². The molecular weight excluding hydrogens is 198 g/mol. The SMILES string of the molecule is C=CCCNC1(CN)CCCN(CC)CC1. The van der Waals surface area contributed by atoms with Gasteiger partial charge in [0, 0.05) is 12.1 Å². The first-order chi connectivity index (χ1) is 7.76. The summed E-state index contributed by atoms with van der Waals surface area (Å²) in [7, 11) is 0. The van der Waals surface area contributed by atoms with Gasteiger partial charge in [-0.15, -0.1) is 6.58 Å². The number of nitrogens with one attached hydrogen (secondary N) is 1. The summed E-state index contributed by atoms with van der Waals surface area (Å²) in [5, 5.41) is 3.65. The normalized spacial score (nSPS) is 27.6. The molecule has 0 aromatic carbocycles. The maximum Gasteiger partial charge on any atom is 0.0316 e. The van der Waals surface area contributed by atoms with Crippen molar-refractivity contribution in [1.82, 2.24) is 10.2 Å². The molecule has 3 N–H and O–H groups in total. The second-order valence-corrected chi connectivity index (χ2v) is 4.78. The molecular formula is C13H27N3. The largest absolute Gasteiger partial charge is 0.329 e. The van der Waals surface area contributed by atoms with Crippen molar-refractivity contribution in [3.8, 4) is 0 Å². The molecule has 1 fully saturated rings. The van der Waals surface area contributed by atoms with Gasteiger partial charge in [0.25, 0.3) is 0 Å². The summed E-state index contributed by atoms with van der Waals surface area (Å²) in [6, 6.07) is 0. The lowest BCUT2D eigenvalue weighted by atomic mass is 9.90. The Kier molecular flexibility index (Phi) is 6.03. The molecule has 0 radical (unpaired) electrons. The molecule has 3 nitrogen and oxygen atoms in total. The molecule has 0 aromatic rings. The molecule has 0 amide bonds. The van der Waals surface area contributed by atoms with E-state index in [1.807, 2.05) is 6.08 Å². The van der Waals surface area contributed by atoms with Crippen LogP contribution in [0.2, 0.25) is 0 Å². The first-order valence-corrected chi connectivity index (χ1v) is 6.54. The van der Waals surface area contributed by atoms with Gasteiger partial charge in [-0.3, -0.25) is 0 Å². The molecule has 94 valence electrons. The lowest BCUT2D eigenvalue weighted by molar-refractivity contribution is 0.267. The lowest BCUT2D eigenvalue weighted by Crippen LogP contribution is -2.52. The summed E-state index contributed by atoms with van der Waals surface area (Å²) < 4.78 is 0. The summed E-state index contributed by atoms with van der Waals surface area (Å²) in [6.07, 6.45) is 6.63. The molecule has 16 heavy (non-hydrogen) atoms. The van der Waals surface area contributed by atoms with Crippen molar-refractivity contribution in [1.29, 1.82) is 0 Å². The fourth-order valence-electron chi connectivity index (χ4n) is 2.46. The Morgan fingerprint density at radius 1 is 1.44 bits per heavy atom. The van der Waals surface area contributed by atoms with E-state index >= 15 is 0 Å². The van der Waals surface area contributed by atoms with Gasteiger partial charge in [0.1, 0.15) is 0 Å². The highest BCUT2D eigenvalue weighted by molar-refractivity contribution is 4.92. The average molecular weight is 225 g/mol. The van der Waals surface area contributed by atoms with Gasteiger partial charge in [0.15, 0.2) is 0 Å². The van der Waals surface area contributed by atoms with Gasteiger partial charge in [0.05, 0.1) is 0 Å². The Balaban J connectivity index is 2.47. The summed E-state index contributed by atoms with van der Waals surface area (Å²) in [5.74, 6) is 0. The Morgan fingerprint density at radius 3 is 2.88 bits per heavy atom. The molecule has 1 atom stereocenters. The van der Waals surface area contributed by atoms with Crippen LogP contribution in [0, 0.1) is 0 Å². The maximum absolute atomic E-state index is 5.97. The fraction of sp³-hybridized carbons (Fsp3) is 0.846. The van der Waals surface area contributed by atoms with Crippen LogP contribution in [0.3, 0.4) is 0 Å². The Morgan fingerprint density at radius 2 is 2.25 bits per heavy atom. The Hall–Kier alpha value is -0.380. The van der Waals surface area contributed by atoms with Gasteiger partial charge in [-0.25, -0.2) is 0 Å². The van der Waals surface area contributed by atoms with Crippen LogP contribution in [0.25, 0.3) is 0 Å². The lowest BCUT2D eigenvalue weighted by Gasteiger charge is -2.33. The molecule has 1 heterocycles. The minimum atomic E-state index is 0.174. The number of hydrogen-bond donors (Lipinski definition) is 2. The van der Waals surface area contributed by atoms with E-state index in [4.69, 9.17) is 5.73 Å². The topological polar surface area (TPSA) is 41.3 Å². The van der Waals surface area contributed by atoms with Crippen LogP contribution in [-0.2, 0) is 0 Å². The third-order valence-electron chi connectivity index (χ3n) is 3.72. The molecule has 1 unspecified atom stereocenters. The van der Waals surface area contributed by atoms with Gasteiger partial charge in [-0.1, -0.05) is 13.0 Å². The van der Waals surface area contributed by atoms with Crippen LogP contribution in [0.4, 0.5) is 0 Å². The summed E-state index contributed by atoms with van der Waals surface area (Å²) in [6.45, 7) is 11.3. The van der Waals surface area contributed by atoms with E-state index in [-0.39, 0.29) is 5.54 Å². The molecule has 0 spiro atoms. The summed E-state index contributed by atoms with van der Waals surface area (Å²) in [4.78, 5) is 2.52. The molecule has 0 saturated carbocycles. The zero-order valence-electron chi connectivity index (χ0n) is 10.7. The third-order valence-corrected chi connectivity index (χ3v) is 3.72. The number of hydrogen-bond acceptors (Lipinski definition) is 3. The molecule has 0 aliphatic carbocycles. The average Bonchev–Trinajstić information content (AvgIpc) is 2.52. The fourth-order valence-corrected chi connectivity index (χ4v) is 2.46. The molecule has 3 heteroatoms. The first kappa shape index (κ1) is 13.7. The van der Waals surface area contributed by atoms with Crippen LogP contribution < -0.4 is 11.1 Å². The van der Waals surface area contributed by atoms with Crippen LogP contribution in [0.5, 0.6) is 0 Å². The number of likely N-dealkylation sites (tertiary alicyclic amines) is 1. The standard InChI is InChI=1S/C13H27N3/c1-3-5-9-15-13(12-14)7-6-10-16(4-2)11-8-13/h3,15H,1,4-12,14H2,2H3. The highest BCUT2D eigenvalue weighted by Crippen LogP contribution is 2.21. The highest BCUT2D eigenvalue weighted by Gasteiger charge is 2.29. The Bertz CT molecular complexity index is 205. The first-order valence-electron chi connectivity index (χ1n) is 6.54. The molecule has 0 bridgehead atoms. The second kappa shape index (κ2) is 7.05. The van der Waals surface area contributed by atoms with Gasteiger partial charge in [0.2, 0.25) is 0 Å². The van der Waals surface area contributed by atoms with E-state index in [9.17, 15) is 0 Å². The predicted octanol–water partition coefficient (Wildman–Crippen LogP) is 1.36. The van der Waals surface area contributed by atoms with Crippen molar-refractivity contribution in [3.63, 3.8) is 0 Å². The molecule has 1 aliphatic rings. The van der Waals surface area contributed by atoms with Crippen LogP contribution in [0.15, 0.2) is 12.7 Å². The van der Waals surface area contributed by atoms with Crippen LogP contribution in [0.1, 0.15) is 32.6 Å². The van der Waals surface area contributed by atoms with Crippen molar-refractivity contribution in [3.05, 3.63) is 12.7 Å². The number of nitrogens with zero attached hydrogens (tertiary/aromatic N) is 1. The van der Waals surface area contributed by atoms with E-state index in [1.54, 1.807) is 0 Å². The van der Waals surface area contributed by atoms with E-state index in [2.05, 4.69) is 23.7 Å². The second-order valence-electron chi connectivity index (χ2n) is 4.78. The van der Waals surface area contributed by atoms with Crippen molar-refractivity contribution in [2.45, 2.75) is 38.1 Å². The summed E-state index contributed by atoms with van der Waals surface area (Å²) >= 11 is 0. The van der Waals surface area contributed by atoms with E-state index in [0.717, 1.165) is 26.1 Å². The number of nitrogens with two attached hydrogens (primary N) is 1. The van der Waals surface area contributed by atoms with Gasteiger partial charge < -0.3 is 16.0 Å². The maximum atomic E-state index is 5.97. The van der Waals surface area contributed by atoms with E-state index in [1.165, 1.54) is 32.4 Å². The van der Waals surface area contributed by atoms with Crippen molar-refractivity contribution in [2.75, 3.05) is 32.7 Å². The molecule has 1 aliphatic heterocycles. The molecule has 1 rings (SSSR count). The van der Waals surface area contributed by atoms with E-state index < -0.39 is 0 Å². The van der Waals surface area contributed by atoms with Crippen LogP contribution >= 0.6 is 0 Å². The van der Waals surface area contributed by atoms with Gasteiger partial charge >= 0.3 is 0 Å². The van der Waals surface area contributed by atoms with Gasteiger partial charge in [-0.2, -0.15) is 0 Å². The third kappa shape index (κ3) is 3.89. The zero-order chi connectivity index (χ0) is 11.9. The number of rotatable bonds is 6. The molecule has 0 aromatic heterocycles. The quantitative estimate of drug-likeness (QED) is 0.530.